The normalized spacial score (nSPS) is 12.3. The van der Waals surface area contributed by atoms with E-state index < -0.39 is 0 Å². The van der Waals surface area contributed by atoms with E-state index in [1.165, 1.54) is 11.3 Å². The second kappa shape index (κ2) is 7.35. The zero-order chi connectivity index (χ0) is 15.2. The molecule has 0 bridgehead atoms. The van der Waals surface area contributed by atoms with E-state index in [1.807, 2.05) is 6.92 Å². The van der Waals surface area contributed by atoms with E-state index in [2.05, 4.69) is 10.3 Å². The largest absolute Gasteiger partial charge is 0.462 e. The highest BCUT2D eigenvalue weighted by molar-refractivity contribution is 7.15. The molecule has 1 unspecified atom stereocenters. The van der Waals surface area contributed by atoms with Gasteiger partial charge in [0.25, 0.3) is 5.91 Å². The van der Waals surface area contributed by atoms with Crippen LogP contribution in [0.1, 0.15) is 21.8 Å². The van der Waals surface area contributed by atoms with Crippen LogP contribution < -0.4 is 5.32 Å². The fourth-order valence-corrected chi connectivity index (χ4v) is 2.80. The maximum atomic E-state index is 12.3. The molecule has 0 fully saturated rings. The summed E-state index contributed by atoms with van der Waals surface area (Å²) in [7, 11) is 1.56. The van der Waals surface area contributed by atoms with Crippen molar-refractivity contribution >= 4 is 17.2 Å². The van der Waals surface area contributed by atoms with Gasteiger partial charge in [-0.3, -0.25) is 4.79 Å². The van der Waals surface area contributed by atoms with E-state index in [1.54, 1.807) is 25.5 Å². The Hall–Kier alpha value is -1.70. The van der Waals surface area contributed by atoms with Gasteiger partial charge in [-0.15, -0.1) is 11.3 Å². The van der Waals surface area contributed by atoms with Crippen LogP contribution in [0.5, 0.6) is 0 Å². The van der Waals surface area contributed by atoms with Crippen LogP contribution in [0, 0.1) is 6.92 Å². The maximum absolute atomic E-state index is 12.3. The van der Waals surface area contributed by atoms with Gasteiger partial charge in [-0.25, -0.2) is 4.98 Å². The van der Waals surface area contributed by atoms with Crippen LogP contribution in [-0.2, 0) is 4.74 Å². The molecule has 0 saturated heterocycles. The highest BCUT2D eigenvalue weighted by Gasteiger charge is 2.20. The molecule has 0 aliphatic carbocycles. The lowest BCUT2D eigenvalue weighted by molar-refractivity contribution is 0.0874. The minimum atomic E-state index is -0.267. The van der Waals surface area contributed by atoms with Gasteiger partial charge in [0.05, 0.1) is 18.9 Å². The molecule has 1 amide bonds. The minimum absolute atomic E-state index is 0.0119. The van der Waals surface area contributed by atoms with Crippen molar-refractivity contribution in [3.8, 4) is 10.8 Å². The molecule has 1 atom stereocenters. The van der Waals surface area contributed by atoms with E-state index in [0.717, 1.165) is 4.88 Å². The van der Waals surface area contributed by atoms with Crippen LogP contribution >= 0.6 is 11.3 Å². The Bertz CT molecular complexity index is 574. The molecule has 0 radical (unpaired) electrons. The van der Waals surface area contributed by atoms with E-state index in [-0.39, 0.29) is 18.6 Å². The fraction of sp³-hybridized carbons (Fsp3) is 0.429. The Morgan fingerprint density at radius 3 is 3.05 bits per heavy atom. The van der Waals surface area contributed by atoms with Gasteiger partial charge in [0.1, 0.15) is 5.69 Å². The molecule has 7 heteroatoms. The predicted molar refractivity (Wildman–Crippen MR) is 79.4 cm³/mol. The summed E-state index contributed by atoms with van der Waals surface area (Å²) in [4.78, 5) is 17.4. The number of nitrogens with one attached hydrogen (secondary N) is 1. The van der Waals surface area contributed by atoms with Gasteiger partial charge < -0.3 is 19.6 Å². The average Bonchev–Trinajstić information content (AvgIpc) is 3.08. The Balaban J connectivity index is 2.12. The minimum Gasteiger partial charge on any atom is -0.462 e. The van der Waals surface area contributed by atoms with Crippen LogP contribution in [0.15, 0.2) is 22.8 Å². The lowest BCUT2D eigenvalue weighted by atomic mass is 10.2. The van der Waals surface area contributed by atoms with Crippen LogP contribution in [0.2, 0.25) is 0 Å². The third-order valence-corrected chi connectivity index (χ3v) is 3.91. The molecule has 2 heterocycles. The lowest BCUT2D eigenvalue weighted by Gasteiger charge is -2.16. The van der Waals surface area contributed by atoms with Crippen LogP contribution in [-0.4, -0.2) is 42.4 Å². The van der Waals surface area contributed by atoms with Crippen molar-refractivity contribution < 1.29 is 19.1 Å². The van der Waals surface area contributed by atoms with Gasteiger partial charge in [-0.2, -0.15) is 0 Å². The van der Waals surface area contributed by atoms with Crippen LogP contribution in [0.3, 0.4) is 0 Å². The van der Waals surface area contributed by atoms with Crippen molar-refractivity contribution in [2.75, 3.05) is 20.3 Å². The fourth-order valence-electron chi connectivity index (χ4n) is 1.92. The average molecular weight is 310 g/mol. The standard InChI is InChI=1S/C14H18N2O4S/c1-9-12(13(18)15-10(5-6-17)8-19-2)16-14(21-9)11-4-3-7-20-11/h3-4,7,10,17H,5-6,8H2,1-2H3,(H,15,18). The molecule has 0 saturated carbocycles. The Morgan fingerprint density at radius 2 is 2.43 bits per heavy atom. The van der Waals surface area contributed by atoms with Gasteiger partial charge in [-0.1, -0.05) is 0 Å². The Kier molecular flexibility index (Phi) is 5.49. The first-order valence-electron chi connectivity index (χ1n) is 6.57. The summed E-state index contributed by atoms with van der Waals surface area (Å²) >= 11 is 1.41. The maximum Gasteiger partial charge on any atom is 0.271 e. The first-order chi connectivity index (χ1) is 10.2. The van der Waals surface area contributed by atoms with Crippen LogP contribution in [0.25, 0.3) is 10.8 Å². The molecule has 2 aromatic rings. The number of thiazole rings is 1. The number of hydrogen-bond donors (Lipinski definition) is 2. The number of amides is 1. The number of carbonyl (C=O) groups excluding carboxylic acids is 1. The summed E-state index contributed by atoms with van der Waals surface area (Å²) in [5.41, 5.74) is 0.380. The number of aliphatic hydroxyl groups excluding tert-OH is 1. The number of furan rings is 1. The first kappa shape index (κ1) is 15.7. The summed E-state index contributed by atoms with van der Waals surface area (Å²) in [6, 6.07) is 3.35. The molecular formula is C14H18N2O4S. The van der Waals surface area contributed by atoms with E-state index in [0.29, 0.717) is 29.5 Å². The molecule has 0 aliphatic rings. The van der Waals surface area contributed by atoms with Crippen molar-refractivity contribution in [3.05, 3.63) is 29.0 Å². The van der Waals surface area contributed by atoms with E-state index in [9.17, 15) is 4.79 Å². The molecule has 6 nitrogen and oxygen atoms in total. The van der Waals surface area contributed by atoms with E-state index in [4.69, 9.17) is 14.3 Å². The zero-order valence-electron chi connectivity index (χ0n) is 12.0. The molecule has 21 heavy (non-hydrogen) atoms. The summed E-state index contributed by atoms with van der Waals surface area (Å²) in [5.74, 6) is 0.378. The lowest BCUT2D eigenvalue weighted by Crippen LogP contribution is -2.39. The van der Waals surface area contributed by atoms with Gasteiger partial charge >= 0.3 is 0 Å². The Labute approximate surface area is 126 Å². The summed E-state index contributed by atoms with van der Waals surface area (Å²) in [6.07, 6.45) is 2.01. The van der Waals surface area contributed by atoms with Gasteiger partial charge in [0, 0.05) is 18.6 Å². The van der Waals surface area contributed by atoms with Crippen molar-refractivity contribution in [1.82, 2.24) is 10.3 Å². The van der Waals surface area contributed by atoms with Crippen LogP contribution in [0.4, 0.5) is 0 Å². The number of carbonyl (C=O) groups is 1. The number of nitrogens with zero attached hydrogens (tertiary/aromatic N) is 1. The molecule has 0 aliphatic heterocycles. The number of rotatable bonds is 7. The SMILES string of the molecule is COCC(CCO)NC(=O)c1nc(-c2ccco2)sc1C. The molecule has 0 spiro atoms. The smallest absolute Gasteiger partial charge is 0.271 e. The topological polar surface area (TPSA) is 84.6 Å². The second-order valence-corrected chi connectivity index (χ2v) is 5.74. The molecule has 2 rings (SSSR count). The molecular weight excluding hydrogens is 292 g/mol. The molecule has 0 aromatic carbocycles. The third kappa shape index (κ3) is 3.90. The first-order valence-corrected chi connectivity index (χ1v) is 7.39. The quantitative estimate of drug-likeness (QED) is 0.815. The monoisotopic (exact) mass is 310 g/mol. The highest BCUT2D eigenvalue weighted by atomic mass is 32.1. The third-order valence-electron chi connectivity index (χ3n) is 2.92. The summed E-state index contributed by atoms with van der Waals surface area (Å²) in [6.45, 7) is 2.18. The van der Waals surface area contributed by atoms with Crippen molar-refractivity contribution in [3.63, 3.8) is 0 Å². The summed E-state index contributed by atoms with van der Waals surface area (Å²) < 4.78 is 10.3. The summed E-state index contributed by atoms with van der Waals surface area (Å²) in [5, 5.41) is 12.5. The number of aryl methyl sites for hydroxylation is 1. The van der Waals surface area contributed by atoms with Gasteiger partial charge in [0.15, 0.2) is 10.8 Å². The number of ether oxygens (including phenoxy) is 1. The number of methoxy groups -OCH3 is 1. The Morgan fingerprint density at radius 1 is 1.62 bits per heavy atom. The second-order valence-electron chi connectivity index (χ2n) is 4.54. The van der Waals surface area contributed by atoms with Crippen molar-refractivity contribution in [1.29, 1.82) is 0 Å². The zero-order valence-corrected chi connectivity index (χ0v) is 12.8. The van der Waals surface area contributed by atoms with Crippen molar-refractivity contribution in [2.24, 2.45) is 0 Å². The number of hydrogen-bond acceptors (Lipinski definition) is 6. The number of aromatic nitrogens is 1. The molecule has 2 N–H and O–H groups in total. The van der Waals surface area contributed by atoms with Crippen molar-refractivity contribution in [2.45, 2.75) is 19.4 Å². The molecule has 2 aromatic heterocycles. The van der Waals surface area contributed by atoms with Gasteiger partial charge in [0.2, 0.25) is 0 Å². The number of aliphatic hydroxyl groups is 1. The van der Waals surface area contributed by atoms with E-state index >= 15 is 0 Å². The van der Waals surface area contributed by atoms with Gasteiger partial charge in [-0.05, 0) is 25.5 Å². The highest BCUT2D eigenvalue weighted by Crippen LogP contribution is 2.27. The predicted octanol–water partition coefficient (Wildman–Crippen LogP) is 1.84. The molecule has 114 valence electrons.